The van der Waals surface area contributed by atoms with Crippen LogP contribution in [0.15, 0.2) is 22.7 Å². The third kappa shape index (κ3) is 4.68. The highest BCUT2D eigenvalue weighted by atomic mass is 32.2. The molecule has 1 amide bonds. The molecule has 0 saturated carbocycles. The molecular formula is C18H26N6O2S2. The number of hydrogen-bond donors (Lipinski definition) is 0. The average molecular weight is 423 g/mol. The third-order valence-electron chi connectivity index (χ3n) is 5.12. The quantitative estimate of drug-likeness (QED) is 0.647. The summed E-state index contributed by atoms with van der Waals surface area (Å²) in [5.74, 6) is 1.43. The van der Waals surface area contributed by atoms with Crippen LogP contribution in [-0.4, -0.2) is 88.7 Å². The van der Waals surface area contributed by atoms with Gasteiger partial charge in [0.25, 0.3) is 0 Å². The molecule has 28 heavy (non-hydrogen) atoms. The monoisotopic (exact) mass is 422 g/mol. The van der Waals surface area contributed by atoms with E-state index in [0.717, 1.165) is 56.9 Å². The highest BCUT2D eigenvalue weighted by Gasteiger charge is 2.23. The summed E-state index contributed by atoms with van der Waals surface area (Å²) >= 11 is 3.26. The normalized spacial score (nSPS) is 18.6. The number of aromatic nitrogens is 3. The molecule has 0 aromatic carbocycles. The fourth-order valence-electron chi connectivity index (χ4n) is 3.47. The van der Waals surface area contributed by atoms with Crippen LogP contribution >= 0.6 is 23.1 Å². The Labute approximate surface area is 173 Å². The van der Waals surface area contributed by atoms with Crippen molar-refractivity contribution in [3.05, 3.63) is 22.4 Å². The average Bonchev–Trinajstić information content (AvgIpc) is 3.37. The number of thioether (sulfide) groups is 1. The first kappa shape index (κ1) is 19.7. The van der Waals surface area contributed by atoms with E-state index in [2.05, 4.69) is 37.5 Å². The van der Waals surface area contributed by atoms with Crippen molar-refractivity contribution >= 4 is 35.0 Å². The van der Waals surface area contributed by atoms with Gasteiger partial charge in [0.2, 0.25) is 11.9 Å². The molecule has 2 aromatic rings. The number of amides is 1. The second kappa shape index (κ2) is 9.25. The van der Waals surface area contributed by atoms with Crippen molar-refractivity contribution in [2.24, 2.45) is 7.05 Å². The number of rotatable bonds is 6. The fourth-order valence-corrected chi connectivity index (χ4v) is 5.02. The smallest absolute Gasteiger partial charge is 0.233 e. The van der Waals surface area contributed by atoms with Gasteiger partial charge in [0.15, 0.2) is 5.16 Å². The van der Waals surface area contributed by atoms with Gasteiger partial charge in [0.1, 0.15) is 0 Å². The van der Waals surface area contributed by atoms with E-state index >= 15 is 0 Å². The molecule has 0 bridgehead atoms. The Morgan fingerprint density at radius 3 is 2.68 bits per heavy atom. The molecule has 2 aliphatic heterocycles. The lowest BCUT2D eigenvalue weighted by Gasteiger charge is -2.34. The van der Waals surface area contributed by atoms with Gasteiger partial charge in [-0.25, -0.2) is 0 Å². The maximum atomic E-state index is 12.6. The van der Waals surface area contributed by atoms with Crippen LogP contribution in [0, 0.1) is 0 Å². The molecule has 0 spiro atoms. The van der Waals surface area contributed by atoms with E-state index in [1.54, 1.807) is 11.3 Å². The molecule has 0 radical (unpaired) electrons. The molecule has 4 heterocycles. The summed E-state index contributed by atoms with van der Waals surface area (Å²) in [6.45, 7) is 7.51. The molecular weight excluding hydrogens is 396 g/mol. The van der Waals surface area contributed by atoms with E-state index in [1.165, 1.54) is 16.6 Å². The molecule has 2 aliphatic rings. The van der Waals surface area contributed by atoms with Crippen molar-refractivity contribution in [2.45, 2.75) is 11.7 Å². The number of nitrogens with zero attached hydrogens (tertiary/aromatic N) is 6. The number of piperazine rings is 1. The van der Waals surface area contributed by atoms with Gasteiger partial charge in [0.05, 0.1) is 19.0 Å². The van der Waals surface area contributed by atoms with E-state index in [0.29, 0.717) is 19.0 Å². The van der Waals surface area contributed by atoms with E-state index < -0.39 is 0 Å². The number of morpholine rings is 1. The van der Waals surface area contributed by atoms with Crippen LogP contribution in [-0.2, 0) is 23.1 Å². The zero-order valence-corrected chi connectivity index (χ0v) is 17.8. The number of carbonyl (C=O) groups is 1. The predicted octanol–water partition coefficient (Wildman–Crippen LogP) is 1.15. The zero-order chi connectivity index (χ0) is 19.3. The number of hydrogen-bond acceptors (Lipinski definition) is 8. The molecule has 152 valence electrons. The van der Waals surface area contributed by atoms with Gasteiger partial charge in [-0.1, -0.05) is 17.8 Å². The number of thiophene rings is 1. The molecule has 10 heteroatoms. The summed E-state index contributed by atoms with van der Waals surface area (Å²) in [6.07, 6.45) is 0. The summed E-state index contributed by atoms with van der Waals surface area (Å²) < 4.78 is 7.37. The molecule has 2 fully saturated rings. The highest BCUT2D eigenvalue weighted by molar-refractivity contribution is 7.99. The van der Waals surface area contributed by atoms with E-state index in [4.69, 9.17) is 4.74 Å². The van der Waals surface area contributed by atoms with Crippen LogP contribution in [0.1, 0.15) is 4.88 Å². The third-order valence-corrected chi connectivity index (χ3v) is 6.98. The van der Waals surface area contributed by atoms with Crippen LogP contribution < -0.4 is 4.90 Å². The van der Waals surface area contributed by atoms with Crippen LogP contribution in [0.3, 0.4) is 0 Å². The van der Waals surface area contributed by atoms with Crippen molar-refractivity contribution in [1.29, 1.82) is 0 Å². The van der Waals surface area contributed by atoms with Crippen LogP contribution in [0.25, 0.3) is 0 Å². The molecule has 0 unspecified atom stereocenters. The SMILES string of the molecule is Cn1c(SCC(=O)N2CCN(Cc3cccs3)CC2)nnc1N1CCOCC1. The van der Waals surface area contributed by atoms with Gasteiger partial charge in [-0.05, 0) is 11.4 Å². The van der Waals surface area contributed by atoms with Gasteiger partial charge in [-0.2, -0.15) is 0 Å². The summed E-state index contributed by atoms with van der Waals surface area (Å²) in [7, 11) is 1.96. The largest absolute Gasteiger partial charge is 0.378 e. The first-order valence-electron chi connectivity index (χ1n) is 9.58. The molecule has 2 aromatic heterocycles. The topological polar surface area (TPSA) is 66.7 Å². The second-order valence-electron chi connectivity index (χ2n) is 6.97. The van der Waals surface area contributed by atoms with Crippen molar-refractivity contribution in [2.75, 3.05) is 63.1 Å². The van der Waals surface area contributed by atoms with E-state index in [1.807, 2.05) is 16.5 Å². The predicted molar refractivity (Wildman–Crippen MR) is 111 cm³/mol. The maximum absolute atomic E-state index is 12.6. The lowest BCUT2D eigenvalue weighted by molar-refractivity contribution is -0.130. The van der Waals surface area contributed by atoms with Gasteiger partial charge in [-0.15, -0.1) is 21.5 Å². The first-order chi connectivity index (χ1) is 13.7. The molecule has 8 nitrogen and oxygen atoms in total. The Hall–Kier alpha value is -1.62. The summed E-state index contributed by atoms with van der Waals surface area (Å²) in [6, 6.07) is 4.26. The molecule has 0 N–H and O–H groups in total. The van der Waals surface area contributed by atoms with Crippen LogP contribution in [0.5, 0.6) is 0 Å². The Morgan fingerprint density at radius 2 is 1.96 bits per heavy atom. The molecule has 4 rings (SSSR count). The Bertz CT molecular complexity index is 767. The zero-order valence-electron chi connectivity index (χ0n) is 16.1. The van der Waals surface area contributed by atoms with Crippen molar-refractivity contribution < 1.29 is 9.53 Å². The summed E-state index contributed by atoms with van der Waals surface area (Å²) in [4.78, 5) is 20.6. The second-order valence-corrected chi connectivity index (χ2v) is 8.94. The van der Waals surface area contributed by atoms with E-state index in [-0.39, 0.29) is 5.91 Å². The standard InChI is InChI=1S/C18H26N6O2S2/c1-21-17(24-8-10-26-11-9-24)19-20-18(21)28-14-16(25)23-6-4-22(5-7-23)13-15-3-2-12-27-15/h2-3,12H,4-11,13-14H2,1H3. The minimum atomic E-state index is 0.177. The van der Waals surface area contributed by atoms with Crippen molar-refractivity contribution in [3.8, 4) is 0 Å². The fraction of sp³-hybridized carbons (Fsp3) is 0.611. The highest BCUT2D eigenvalue weighted by Crippen LogP contribution is 2.22. The van der Waals surface area contributed by atoms with Crippen LogP contribution in [0.4, 0.5) is 5.95 Å². The number of carbonyl (C=O) groups excluding carboxylic acids is 1. The Balaban J connectivity index is 1.24. The first-order valence-corrected chi connectivity index (χ1v) is 11.4. The van der Waals surface area contributed by atoms with Gasteiger partial charge >= 0.3 is 0 Å². The molecule has 0 atom stereocenters. The Morgan fingerprint density at radius 1 is 1.18 bits per heavy atom. The van der Waals surface area contributed by atoms with Crippen LogP contribution in [0.2, 0.25) is 0 Å². The lowest BCUT2D eigenvalue weighted by Crippen LogP contribution is -2.48. The molecule has 2 saturated heterocycles. The lowest BCUT2D eigenvalue weighted by atomic mass is 10.3. The van der Waals surface area contributed by atoms with Gasteiger partial charge in [-0.3, -0.25) is 14.3 Å². The van der Waals surface area contributed by atoms with Crippen molar-refractivity contribution in [3.63, 3.8) is 0 Å². The number of ether oxygens (including phenoxy) is 1. The molecule has 0 aliphatic carbocycles. The summed E-state index contributed by atoms with van der Waals surface area (Å²) in [5, 5.41) is 11.5. The van der Waals surface area contributed by atoms with Gasteiger partial charge < -0.3 is 14.5 Å². The minimum Gasteiger partial charge on any atom is -0.378 e. The number of anilines is 1. The van der Waals surface area contributed by atoms with Gasteiger partial charge in [0, 0.05) is 57.7 Å². The maximum Gasteiger partial charge on any atom is 0.233 e. The summed E-state index contributed by atoms with van der Waals surface area (Å²) in [5.41, 5.74) is 0. The van der Waals surface area contributed by atoms with Crippen molar-refractivity contribution in [1.82, 2.24) is 24.6 Å². The Kier molecular flexibility index (Phi) is 6.50. The van der Waals surface area contributed by atoms with E-state index in [9.17, 15) is 4.79 Å². The minimum absolute atomic E-state index is 0.177.